The number of hydrogen-bond acceptors (Lipinski definition) is 13. The highest BCUT2D eigenvalue weighted by atomic mass is 16.5. The quantitative estimate of drug-likeness (QED) is 0.153. The molecule has 5 aromatic rings. The number of likely N-dealkylation sites (tertiary alicyclic amines) is 1. The number of benzene rings is 3. The van der Waals surface area contributed by atoms with Gasteiger partial charge in [-0.25, -0.2) is 15.0 Å². The van der Waals surface area contributed by atoms with Crippen LogP contribution in [0.4, 0.5) is 17.2 Å². The molecule has 344 valence electrons. The van der Waals surface area contributed by atoms with Crippen LogP contribution < -0.4 is 25.6 Å². The van der Waals surface area contributed by atoms with Gasteiger partial charge in [0.1, 0.15) is 18.1 Å². The number of hydrogen-bond donors (Lipinski definition) is 3. The highest BCUT2D eigenvalue weighted by Crippen LogP contribution is 2.50. The number of imidazole rings is 1. The van der Waals surface area contributed by atoms with E-state index in [0.717, 1.165) is 80.1 Å². The average Bonchev–Trinajstić information content (AvgIpc) is 4.02. The summed E-state index contributed by atoms with van der Waals surface area (Å²) in [6.45, 7) is 4.99. The van der Waals surface area contributed by atoms with E-state index >= 15 is 0 Å². The Morgan fingerprint density at radius 3 is 2.39 bits per heavy atom. The molecule has 0 bridgehead atoms. The predicted octanol–water partition coefficient (Wildman–Crippen LogP) is 3.62. The maximum absolute atomic E-state index is 13.3. The molecule has 18 heteroatoms. The van der Waals surface area contributed by atoms with Gasteiger partial charge in [0.25, 0.3) is 17.7 Å². The topological polar surface area (TPSA) is 204 Å². The summed E-state index contributed by atoms with van der Waals surface area (Å²) in [5.41, 5.74) is 4.95. The number of anilines is 3. The summed E-state index contributed by atoms with van der Waals surface area (Å²) in [6.07, 6.45) is 8.62. The second kappa shape index (κ2) is 17.2. The van der Waals surface area contributed by atoms with Crippen LogP contribution in [0.1, 0.15) is 77.3 Å². The lowest BCUT2D eigenvalue weighted by Crippen LogP contribution is -2.57. The molecule has 1 spiro atoms. The second-order valence-electron chi connectivity index (χ2n) is 18.9. The first-order valence-corrected chi connectivity index (χ1v) is 23.2. The fourth-order valence-corrected chi connectivity index (χ4v) is 10.9. The average molecular weight is 906 g/mol. The van der Waals surface area contributed by atoms with E-state index in [9.17, 15) is 28.8 Å². The third kappa shape index (κ3) is 8.23. The van der Waals surface area contributed by atoms with E-state index in [0.29, 0.717) is 42.6 Å². The number of fused-ring (bicyclic) bond motifs is 2. The van der Waals surface area contributed by atoms with Crippen molar-refractivity contribution in [3.8, 4) is 5.75 Å². The van der Waals surface area contributed by atoms with E-state index in [4.69, 9.17) is 4.74 Å². The predicted molar refractivity (Wildman–Crippen MR) is 244 cm³/mol. The summed E-state index contributed by atoms with van der Waals surface area (Å²) in [5.74, 6) is -1.45. The number of piperidine rings is 1. The minimum Gasteiger partial charge on any atom is -0.484 e. The zero-order valence-electron chi connectivity index (χ0n) is 36.9. The van der Waals surface area contributed by atoms with Crippen LogP contribution in [0.15, 0.2) is 85.5 Å². The minimum absolute atomic E-state index is 0.0391. The van der Waals surface area contributed by atoms with Gasteiger partial charge in [0.15, 0.2) is 23.6 Å². The van der Waals surface area contributed by atoms with Crippen molar-refractivity contribution in [3.05, 3.63) is 102 Å². The van der Waals surface area contributed by atoms with Crippen molar-refractivity contribution in [3.63, 3.8) is 0 Å². The monoisotopic (exact) mass is 905 g/mol. The van der Waals surface area contributed by atoms with Gasteiger partial charge < -0.3 is 29.7 Å². The Balaban J connectivity index is 0.616. The van der Waals surface area contributed by atoms with Gasteiger partial charge in [0.2, 0.25) is 17.7 Å². The van der Waals surface area contributed by atoms with Crippen molar-refractivity contribution < 1.29 is 33.5 Å². The molecule has 18 nitrogen and oxygen atoms in total. The standard InChI is InChI=1S/C49H51N11O7/c61-40-13-12-39(46(64)55-40)60-47(65)37-11-10-36(23-38(37)48(60)66)67-26-42(63)58-15-14-49(27-58)24-35(25-49)57-18-16-56(17-19-57)33-8-6-31(7-9-33)54-44-43-45(51-28-50-44)59(29-52-43)34-21-32(22-34)53-41(62)20-30-4-2-1-3-5-30/h1-11,23,28-29,32,34-35,39H,12-22,24-27H2,(H,53,62)(H,50,51,54)(H,55,61,64)/t32?,34?,35?,39-,49?/m0/s1. The van der Waals surface area contributed by atoms with E-state index in [2.05, 4.69) is 69.5 Å². The molecule has 0 unspecified atom stereocenters. The Kier molecular flexibility index (Phi) is 10.9. The maximum atomic E-state index is 13.3. The van der Waals surface area contributed by atoms with E-state index in [1.165, 1.54) is 17.8 Å². The van der Waals surface area contributed by atoms with Crippen molar-refractivity contribution in [2.45, 2.75) is 75.5 Å². The number of nitrogens with zero attached hydrogens (tertiary/aromatic N) is 8. The van der Waals surface area contributed by atoms with Gasteiger partial charge in [-0.05, 0) is 92.0 Å². The van der Waals surface area contributed by atoms with Crippen LogP contribution in [0.2, 0.25) is 0 Å². The Morgan fingerprint density at radius 1 is 0.836 bits per heavy atom. The molecule has 2 aliphatic carbocycles. The molecule has 6 aliphatic rings. The zero-order chi connectivity index (χ0) is 45.8. The number of amides is 6. The van der Waals surface area contributed by atoms with Gasteiger partial charge in [-0.2, -0.15) is 0 Å². The second-order valence-corrected chi connectivity index (χ2v) is 18.9. The molecule has 2 aromatic heterocycles. The lowest BCUT2D eigenvalue weighted by atomic mass is 9.64. The summed E-state index contributed by atoms with van der Waals surface area (Å²) < 4.78 is 7.93. The molecule has 11 rings (SSSR count). The number of carbonyl (C=O) groups excluding carboxylic acids is 6. The number of rotatable bonds is 12. The summed E-state index contributed by atoms with van der Waals surface area (Å²) in [4.78, 5) is 97.7. The van der Waals surface area contributed by atoms with Gasteiger partial charge in [-0.3, -0.25) is 43.9 Å². The lowest BCUT2D eigenvalue weighted by Gasteiger charge is -2.52. The summed E-state index contributed by atoms with van der Waals surface area (Å²) >= 11 is 0. The van der Waals surface area contributed by atoms with Crippen molar-refractivity contribution >= 4 is 63.8 Å². The Hall–Kier alpha value is -7.21. The van der Waals surface area contributed by atoms with Gasteiger partial charge in [-0.15, -0.1) is 0 Å². The number of piperazine rings is 1. The minimum atomic E-state index is -1.05. The van der Waals surface area contributed by atoms with Gasteiger partial charge in [-0.1, -0.05) is 30.3 Å². The molecule has 4 aliphatic heterocycles. The zero-order valence-corrected chi connectivity index (χ0v) is 36.9. The molecule has 5 fully saturated rings. The van der Waals surface area contributed by atoms with Crippen LogP contribution in [-0.2, 0) is 25.6 Å². The van der Waals surface area contributed by atoms with Gasteiger partial charge in [0.05, 0.1) is 23.9 Å². The van der Waals surface area contributed by atoms with Crippen molar-refractivity contribution in [2.24, 2.45) is 5.41 Å². The van der Waals surface area contributed by atoms with E-state index < -0.39 is 29.7 Å². The van der Waals surface area contributed by atoms with E-state index in [-0.39, 0.29) is 59.9 Å². The number of imide groups is 2. The normalized spacial score (nSPS) is 24.9. The van der Waals surface area contributed by atoms with Crippen LogP contribution in [0.25, 0.3) is 11.2 Å². The van der Waals surface area contributed by atoms with Crippen molar-refractivity contribution in [1.29, 1.82) is 0 Å². The summed E-state index contributed by atoms with van der Waals surface area (Å²) in [7, 11) is 0. The first-order valence-electron chi connectivity index (χ1n) is 23.2. The van der Waals surface area contributed by atoms with Crippen LogP contribution in [0, 0.1) is 5.41 Å². The summed E-state index contributed by atoms with van der Waals surface area (Å²) in [6, 6.07) is 22.5. The van der Waals surface area contributed by atoms with Gasteiger partial charge >= 0.3 is 0 Å². The molecule has 0 radical (unpaired) electrons. The van der Waals surface area contributed by atoms with Crippen LogP contribution >= 0.6 is 0 Å². The number of carbonyl (C=O) groups is 6. The number of nitrogens with one attached hydrogen (secondary N) is 3. The van der Waals surface area contributed by atoms with Crippen molar-refractivity contribution in [1.82, 2.24) is 44.9 Å². The lowest BCUT2D eigenvalue weighted by molar-refractivity contribution is -0.136. The third-order valence-electron chi connectivity index (χ3n) is 14.7. The highest BCUT2D eigenvalue weighted by molar-refractivity contribution is 6.23. The molecular formula is C49H51N11O7. The largest absolute Gasteiger partial charge is 0.484 e. The summed E-state index contributed by atoms with van der Waals surface area (Å²) in [5, 5.41) is 8.81. The SMILES string of the molecule is O=C1CC[C@H](N2C(=O)c3ccc(OCC(=O)N4CCC5(CC(N6CCN(c7ccc(Nc8ncnc9c8ncn9C8CC(NC(=O)Cc9ccccc9)C8)cc7)CC6)C5)C4)cc3C2=O)C(=O)N1. The molecule has 3 saturated heterocycles. The Labute approximate surface area is 386 Å². The fraction of sp³-hybridized carbons (Fsp3) is 0.408. The van der Waals surface area contributed by atoms with Crippen LogP contribution in [-0.4, -0.2) is 134 Å². The number of ether oxygens (including phenoxy) is 1. The van der Waals surface area contributed by atoms with E-state index in [1.807, 2.05) is 41.6 Å². The fourth-order valence-electron chi connectivity index (χ4n) is 10.9. The molecule has 2 saturated carbocycles. The Bertz CT molecular complexity index is 2780. The molecule has 3 aromatic carbocycles. The van der Waals surface area contributed by atoms with Crippen LogP contribution in [0.5, 0.6) is 5.75 Å². The smallest absolute Gasteiger partial charge is 0.262 e. The number of aromatic nitrogens is 4. The molecular weight excluding hydrogens is 855 g/mol. The Morgan fingerprint density at radius 2 is 1.61 bits per heavy atom. The molecule has 3 N–H and O–H groups in total. The third-order valence-corrected chi connectivity index (χ3v) is 14.7. The first-order chi connectivity index (χ1) is 32.6. The van der Waals surface area contributed by atoms with Gasteiger partial charge in [0, 0.05) is 75.2 Å². The highest BCUT2D eigenvalue weighted by Gasteiger charge is 2.51. The van der Waals surface area contributed by atoms with Crippen LogP contribution in [0.3, 0.4) is 0 Å². The maximum Gasteiger partial charge on any atom is 0.262 e. The molecule has 1 atom stereocenters. The molecule has 67 heavy (non-hydrogen) atoms. The van der Waals surface area contributed by atoms with E-state index in [1.54, 1.807) is 12.4 Å². The van der Waals surface area contributed by atoms with Crippen molar-refractivity contribution in [2.75, 3.05) is 56.1 Å². The molecule has 6 amide bonds. The first kappa shape index (κ1) is 42.4. The molecule has 6 heterocycles.